The Bertz CT molecular complexity index is 5560. The number of aromatic hydroxyl groups is 4. The van der Waals surface area contributed by atoms with Gasteiger partial charge in [-0.1, -0.05) is 98.1 Å². The van der Waals surface area contributed by atoms with Crippen LogP contribution in [-0.2, 0) is 46.3 Å². The number of aryl methyl sites for hydroxylation is 15. The van der Waals surface area contributed by atoms with Gasteiger partial charge in [0.25, 0.3) is 0 Å². The Morgan fingerprint density at radius 1 is 0.280 bits per heavy atom. The molecule has 15 rings (SSSR count). The molecule has 10 unspecified atom stereocenters. The van der Waals surface area contributed by atoms with E-state index in [0.29, 0.717) is 29.6 Å². The zero-order chi connectivity index (χ0) is 90.6. The zero-order valence-electron chi connectivity index (χ0n) is 78.1. The second kappa shape index (κ2) is 43.5. The SMILES string of the molecule is C=C=C=C=C=C=C=C=C=C.COC1Cc2c(C)cc(C)cc2OC1c1cc(C)c(C)c(C)c1.COC1Cc2c(C)cc(O)cc2OC1c1cc(C)c(C)c(C)c1.COc1cc(O)cc2c1CC(OC)C(c1cc(C)c(C)c(C)c1)O2.Cc1cc(C)c2c(c1)OC(c1cc(C)c(C)c(C)c1)C(C)C2.Cc1cc(C2Oc3cc(O)cc(O)c3CC2C)cc(C)c1C.[Ar]. The summed E-state index contributed by atoms with van der Waals surface area (Å²) >= 11 is 0. The fourth-order valence-electron chi connectivity index (χ4n) is 17.4. The van der Waals surface area contributed by atoms with E-state index >= 15 is 0 Å². The molecule has 10 aromatic rings. The first-order valence-electron chi connectivity index (χ1n) is 42.7. The Kier molecular flexibility index (Phi) is 34.1. The second-order valence-electron chi connectivity index (χ2n) is 34.4. The topological polar surface area (TPSA) is 164 Å². The molecule has 0 aliphatic carbocycles. The molecule has 0 amide bonds. The number of rotatable bonds is 9. The summed E-state index contributed by atoms with van der Waals surface area (Å²) in [4.78, 5) is 0. The van der Waals surface area contributed by atoms with Gasteiger partial charge in [0.05, 0.1) is 7.11 Å². The van der Waals surface area contributed by atoms with Gasteiger partial charge in [-0.05, 0) is 367 Å². The average molecular weight is 1710 g/mol. The van der Waals surface area contributed by atoms with Gasteiger partial charge in [0.1, 0.15) is 88.0 Å². The number of fused-ring (bicyclic) bond motifs is 5. The van der Waals surface area contributed by atoms with Gasteiger partial charge in [-0.3, -0.25) is 0 Å². The van der Waals surface area contributed by atoms with Crippen molar-refractivity contribution in [1.82, 2.24) is 0 Å². The molecular weight excluding hydrogens is 1580 g/mol. The molecule has 13 nitrogen and oxygen atoms in total. The normalized spacial score (nSPS) is 18.6. The molecule has 0 saturated heterocycles. The average Bonchev–Trinajstić information content (AvgIpc) is 0.789. The minimum atomic E-state index is -0.216. The molecule has 0 spiro atoms. The number of benzene rings is 10. The summed E-state index contributed by atoms with van der Waals surface area (Å²) in [5, 5.41) is 39.4. The summed E-state index contributed by atoms with van der Waals surface area (Å²) in [6, 6.07) is 40.6. The third kappa shape index (κ3) is 23.5. The van der Waals surface area contributed by atoms with Crippen LogP contribution in [0.3, 0.4) is 0 Å². The van der Waals surface area contributed by atoms with Crippen molar-refractivity contribution in [3.8, 4) is 57.5 Å². The summed E-state index contributed by atoms with van der Waals surface area (Å²) in [7, 11) is 6.81. The molecule has 10 aromatic carbocycles. The maximum atomic E-state index is 10.00. The molecule has 656 valence electrons. The van der Waals surface area contributed by atoms with Crippen LogP contribution in [0.2, 0.25) is 0 Å². The van der Waals surface area contributed by atoms with Crippen LogP contribution in [0.15, 0.2) is 180 Å². The first kappa shape index (κ1) is 98.1. The molecule has 125 heavy (non-hydrogen) atoms. The predicted octanol–water partition coefficient (Wildman–Crippen LogP) is 25.2. The number of methoxy groups -OCH3 is 4. The van der Waals surface area contributed by atoms with E-state index in [1.165, 1.54) is 134 Å². The van der Waals surface area contributed by atoms with Crippen LogP contribution in [0.5, 0.6) is 57.5 Å². The van der Waals surface area contributed by atoms with Crippen LogP contribution in [0.25, 0.3) is 0 Å². The van der Waals surface area contributed by atoms with E-state index < -0.39 is 0 Å². The first-order valence-corrected chi connectivity index (χ1v) is 42.7. The van der Waals surface area contributed by atoms with Crippen molar-refractivity contribution < 1.29 is 101 Å². The van der Waals surface area contributed by atoms with Crippen LogP contribution in [0, 0.1) is 188 Å². The smallest absolute Gasteiger partial charge is 0.150 e. The molecule has 5 aliphatic heterocycles. The monoisotopic (exact) mass is 1710 g/mol. The van der Waals surface area contributed by atoms with Crippen LogP contribution < -0.4 is 28.4 Å². The summed E-state index contributed by atoms with van der Waals surface area (Å²) in [5.41, 5.74) is 56.6. The van der Waals surface area contributed by atoms with Crippen molar-refractivity contribution in [1.29, 1.82) is 0 Å². The maximum Gasteiger partial charge on any atom is 0.150 e. The molecule has 5 aliphatic rings. The fraction of sp³-hybridized carbons (Fsp3) is 0.369. The zero-order valence-corrected chi connectivity index (χ0v) is 78.8. The molecule has 0 saturated carbocycles. The Morgan fingerprint density at radius 2 is 0.528 bits per heavy atom. The second-order valence-corrected chi connectivity index (χ2v) is 34.4. The summed E-state index contributed by atoms with van der Waals surface area (Å²) in [5.74, 6) is 5.98. The third-order valence-corrected chi connectivity index (χ3v) is 25.5. The van der Waals surface area contributed by atoms with Gasteiger partial charge in [-0.2, -0.15) is 0 Å². The summed E-state index contributed by atoms with van der Waals surface area (Å²) < 4.78 is 54.1. The van der Waals surface area contributed by atoms with Crippen molar-refractivity contribution in [3.63, 3.8) is 0 Å². The summed E-state index contributed by atoms with van der Waals surface area (Å²) in [6.45, 7) is 53.8. The van der Waals surface area contributed by atoms with Gasteiger partial charge in [-0.25, -0.2) is 0 Å². The van der Waals surface area contributed by atoms with Crippen molar-refractivity contribution in [3.05, 3.63) is 347 Å². The van der Waals surface area contributed by atoms with Gasteiger partial charge in [-0.15, -0.1) is 0 Å². The quantitative estimate of drug-likeness (QED) is 0.101. The van der Waals surface area contributed by atoms with E-state index in [9.17, 15) is 20.4 Å². The van der Waals surface area contributed by atoms with E-state index in [-0.39, 0.29) is 115 Å². The van der Waals surface area contributed by atoms with Crippen LogP contribution in [0.4, 0.5) is 0 Å². The van der Waals surface area contributed by atoms with E-state index in [4.69, 9.17) is 42.6 Å². The molecular formula is C111H126ArO13. The molecule has 5 heterocycles. The Morgan fingerprint density at radius 3 is 0.848 bits per heavy atom. The minimum absolute atomic E-state index is 0. The Labute approximate surface area is 773 Å². The predicted molar refractivity (Wildman–Crippen MR) is 498 cm³/mol. The molecule has 10 atom stereocenters. The van der Waals surface area contributed by atoms with Gasteiger partial charge >= 0.3 is 0 Å². The molecule has 0 bridgehead atoms. The van der Waals surface area contributed by atoms with E-state index in [2.05, 4.69) is 289 Å². The molecule has 0 fully saturated rings. The van der Waals surface area contributed by atoms with E-state index in [0.717, 1.165) is 81.9 Å². The number of phenolic OH excluding ortho intramolecular Hbond substituents is 4. The van der Waals surface area contributed by atoms with Crippen LogP contribution in [0.1, 0.15) is 211 Å². The molecule has 4 N–H and O–H groups in total. The van der Waals surface area contributed by atoms with Crippen molar-refractivity contribution in [2.75, 3.05) is 28.4 Å². The first-order chi connectivity index (χ1) is 58.9. The van der Waals surface area contributed by atoms with E-state index in [1.807, 2.05) is 6.92 Å². The van der Waals surface area contributed by atoms with Gasteiger partial charge in [0.2, 0.25) is 0 Å². The fourth-order valence-corrected chi connectivity index (χ4v) is 17.4. The van der Waals surface area contributed by atoms with Gasteiger partial charge < -0.3 is 63.1 Å². The number of hydrogen-bond acceptors (Lipinski definition) is 13. The van der Waals surface area contributed by atoms with Gasteiger partial charge in [0.15, 0.2) is 18.3 Å². The molecule has 0 radical (unpaired) electrons. The van der Waals surface area contributed by atoms with Crippen LogP contribution in [-0.4, -0.2) is 67.2 Å². The number of hydrogen-bond donors (Lipinski definition) is 4. The Balaban J connectivity index is 0.000000172. The van der Waals surface area contributed by atoms with Crippen molar-refractivity contribution in [2.45, 2.75) is 233 Å². The standard InChI is InChI=1S/C21H26O2.C21H26O.C20H24O4.C20H24O3.C19H22O3.C10H4.Ar/c1-12-7-15(4)18-11-20(22-6)21(23-19(18)8-12)17-9-13(2)16(5)14(3)10-17;1-12-7-15(4)19-11-16(5)21(22-20(19)8-12)18-9-13(2)17(6)14(3)10-18;1-11-6-14(7-12(2)13(11)3)20-19(23-5)10-16-17(22-4)8-15(21)9-18(16)24-20;1-11-6-15(7-12(2)14(11)4)20-19(22-5)10-17-13(3)8-16(21)9-18(17)23-20;1-10-5-14(6-11(2)13(10)4)19-12(3)7-16-17(21)8-15(20)9-18(16)22-19;1-3-5-7-9-10-8-6-4-2;/h7-10,20-21H,11H2,1-6H3;7-10,16,21H,11H2,1-6H3;6-9,19-21H,10H2,1-5H3;6-9,19-21H,10H2,1-5H3;5-6,8-9,12,19-21H,7H2,1-4H3;1-2H2;. The third-order valence-electron chi connectivity index (χ3n) is 25.5. The largest absolute Gasteiger partial charge is 0.508 e. The van der Waals surface area contributed by atoms with E-state index in [1.54, 1.807) is 58.8 Å². The minimum Gasteiger partial charge on any atom is -0.508 e. The Hall–Kier alpha value is -10.7. The number of ether oxygens (including phenoxy) is 9. The summed E-state index contributed by atoms with van der Waals surface area (Å²) in [6.07, 6.45) is 3.75. The van der Waals surface area contributed by atoms with Gasteiger partial charge in [0, 0.05) is 137 Å². The molecule has 14 heteroatoms. The molecule has 0 aromatic heterocycles. The van der Waals surface area contributed by atoms with Crippen molar-refractivity contribution in [2.24, 2.45) is 11.8 Å². The number of phenols is 4. The van der Waals surface area contributed by atoms with Crippen molar-refractivity contribution >= 4 is 0 Å². The van der Waals surface area contributed by atoms with Crippen LogP contribution >= 0.6 is 0 Å². The maximum absolute atomic E-state index is 10.00.